The summed E-state index contributed by atoms with van der Waals surface area (Å²) >= 11 is 0. The van der Waals surface area contributed by atoms with Crippen LogP contribution in [-0.2, 0) is 14.1 Å². The molecule has 0 fully saturated rings. The number of hydrogen-bond acceptors (Lipinski definition) is 5. The molecule has 6 nitrogen and oxygen atoms in total. The van der Waals surface area contributed by atoms with Crippen LogP contribution in [-0.4, -0.2) is 18.1 Å². The highest BCUT2D eigenvalue weighted by Crippen LogP contribution is 2.47. The zero-order valence-corrected chi connectivity index (χ0v) is 16.8. The predicted molar refractivity (Wildman–Crippen MR) is 95.4 cm³/mol. The van der Waals surface area contributed by atoms with Crippen molar-refractivity contribution in [2.45, 2.75) is 32.9 Å². The summed E-state index contributed by atoms with van der Waals surface area (Å²) in [6, 6.07) is 5.64. The Hall–Kier alpha value is -2.65. The van der Waals surface area contributed by atoms with Crippen LogP contribution in [0.3, 0.4) is 0 Å². The molecule has 0 bridgehead atoms. The minimum Gasteiger partial charge on any atom is -0.462 e. The maximum atomic E-state index is 14.0. The van der Waals surface area contributed by atoms with Crippen molar-refractivity contribution in [2.75, 3.05) is 0 Å². The molecule has 0 saturated carbocycles. The molecule has 0 aromatic heterocycles. The van der Waals surface area contributed by atoms with Gasteiger partial charge in [0.1, 0.15) is 11.8 Å². The topological polar surface area (TPSA) is 73.9 Å². The van der Waals surface area contributed by atoms with Gasteiger partial charge < -0.3 is 13.8 Å². The smallest absolute Gasteiger partial charge is 0.462 e. The van der Waals surface area contributed by atoms with Gasteiger partial charge in [-0.05, 0) is 32.9 Å². The Kier molecular flexibility index (Phi) is 7.44. The molecule has 0 radical (unpaired) electrons. The Morgan fingerprint density at radius 3 is 1.87 bits per heavy atom. The van der Waals surface area contributed by atoms with Gasteiger partial charge in [-0.1, -0.05) is 18.2 Å². The van der Waals surface area contributed by atoms with E-state index in [1.807, 2.05) is 0 Å². The Labute approximate surface area is 168 Å². The number of esters is 1. The largest absolute Gasteiger partial charge is 0.513 e. The SMILES string of the molecule is CC(C)OC(=O)[C@@H](C)N[P@@](=O)(Oc1ccccc1)Oc1c(F)c(F)c(F)c(F)c1F. The van der Waals surface area contributed by atoms with Crippen molar-refractivity contribution >= 4 is 13.7 Å². The van der Waals surface area contributed by atoms with Crippen LogP contribution >= 0.6 is 7.75 Å². The average molecular weight is 453 g/mol. The summed E-state index contributed by atoms with van der Waals surface area (Å²) in [7, 11) is -4.91. The molecule has 2 aromatic carbocycles. The van der Waals surface area contributed by atoms with E-state index in [0.717, 1.165) is 0 Å². The van der Waals surface area contributed by atoms with Crippen LogP contribution < -0.4 is 14.1 Å². The van der Waals surface area contributed by atoms with Crippen molar-refractivity contribution in [3.05, 3.63) is 59.4 Å². The molecule has 0 saturated heterocycles. The van der Waals surface area contributed by atoms with Gasteiger partial charge in [-0.2, -0.15) is 13.9 Å². The van der Waals surface area contributed by atoms with E-state index in [1.54, 1.807) is 6.07 Å². The fraction of sp³-hybridized carbons (Fsp3) is 0.278. The second kappa shape index (κ2) is 9.44. The van der Waals surface area contributed by atoms with Crippen molar-refractivity contribution in [3.8, 4) is 11.5 Å². The highest BCUT2D eigenvalue weighted by atomic mass is 31.2. The molecule has 0 unspecified atom stereocenters. The van der Waals surface area contributed by atoms with Gasteiger partial charge in [-0.3, -0.25) is 4.79 Å². The average Bonchev–Trinajstić information content (AvgIpc) is 2.68. The van der Waals surface area contributed by atoms with Gasteiger partial charge in [-0.25, -0.2) is 17.7 Å². The van der Waals surface area contributed by atoms with Crippen LogP contribution in [0.15, 0.2) is 30.3 Å². The fourth-order valence-electron chi connectivity index (χ4n) is 2.10. The molecule has 2 aromatic rings. The Bertz CT molecular complexity index is 944. The van der Waals surface area contributed by atoms with Crippen molar-refractivity contribution in [2.24, 2.45) is 0 Å². The van der Waals surface area contributed by atoms with Crippen LogP contribution in [0, 0.1) is 29.1 Å². The molecule has 0 aliphatic carbocycles. The van der Waals surface area contributed by atoms with Crippen LogP contribution in [0.4, 0.5) is 22.0 Å². The Balaban J connectivity index is 2.45. The molecule has 0 aliphatic heterocycles. The van der Waals surface area contributed by atoms with Gasteiger partial charge >= 0.3 is 13.7 Å². The van der Waals surface area contributed by atoms with E-state index in [4.69, 9.17) is 9.26 Å². The third kappa shape index (κ3) is 5.48. The molecule has 12 heteroatoms. The quantitative estimate of drug-likeness (QED) is 0.202. The minimum absolute atomic E-state index is 0.137. The van der Waals surface area contributed by atoms with Crippen molar-refractivity contribution in [1.82, 2.24) is 5.09 Å². The van der Waals surface area contributed by atoms with Crippen LogP contribution in [0.2, 0.25) is 0 Å². The van der Waals surface area contributed by atoms with E-state index >= 15 is 0 Å². The third-order valence-electron chi connectivity index (χ3n) is 3.41. The highest BCUT2D eigenvalue weighted by molar-refractivity contribution is 7.52. The van der Waals surface area contributed by atoms with Gasteiger partial charge in [0.05, 0.1) is 6.10 Å². The summed E-state index contributed by atoms with van der Waals surface area (Å²) in [5.41, 5.74) is 0. The number of halogens is 5. The lowest BCUT2D eigenvalue weighted by Crippen LogP contribution is -2.37. The van der Waals surface area contributed by atoms with E-state index in [2.05, 4.69) is 9.61 Å². The first-order chi connectivity index (χ1) is 13.9. The minimum atomic E-state index is -4.91. The summed E-state index contributed by atoms with van der Waals surface area (Å²) in [4.78, 5) is 12.0. The maximum Gasteiger partial charge on any atom is 0.513 e. The standard InChI is InChI=1S/C18H17F5NO5P/c1-9(2)27-18(25)10(3)24-30(26,28-11-7-5-4-6-8-11)29-17-15(22)13(20)12(19)14(21)16(17)23/h4-10H,1-3H3,(H,24,26)/t10-,30-/m1/s1. The number of para-hydroxylation sites is 1. The number of benzene rings is 2. The number of ether oxygens (including phenoxy) is 1. The zero-order valence-electron chi connectivity index (χ0n) is 15.9. The molecule has 2 atom stereocenters. The summed E-state index contributed by atoms with van der Waals surface area (Å²) in [5.74, 6) is -14.6. The van der Waals surface area contributed by atoms with E-state index in [0.29, 0.717) is 0 Å². The van der Waals surface area contributed by atoms with Crippen LogP contribution in [0.1, 0.15) is 20.8 Å². The van der Waals surface area contributed by atoms with Crippen LogP contribution in [0.25, 0.3) is 0 Å². The van der Waals surface area contributed by atoms with Crippen molar-refractivity contribution in [3.63, 3.8) is 0 Å². The molecule has 30 heavy (non-hydrogen) atoms. The number of rotatable bonds is 8. The van der Waals surface area contributed by atoms with Gasteiger partial charge in [0.15, 0.2) is 0 Å². The van der Waals surface area contributed by atoms with Gasteiger partial charge in [0.25, 0.3) is 0 Å². The monoisotopic (exact) mass is 453 g/mol. The molecule has 0 spiro atoms. The number of carbonyl (C=O) groups is 1. The normalized spacial score (nSPS) is 14.2. The van der Waals surface area contributed by atoms with Crippen LogP contribution in [0.5, 0.6) is 11.5 Å². The van der Waals surface area contributed by atoms with Crippen molar-refractivity contribution in [1.29, 1.82) is 0 Å². The lowest BCUT2D eigenvalue weighted by molar-refractivity contribution is -0.149. The van der Waals surface area contributed by atoms with Crippen molar-refractivity contribution < 1.29 is 45.1 Å². The van der Waals surface area contributed by atoms with E-state index in [1.165, 1.54) is 45.0 Å². The first-order valence-electron chi connectivity index (χ1n) is 8.49. The number of carbonyl (C=O) groups excluding carboxylic acids is 1. The lowest BCUT2D eigenvalue weighted by atomic mass is 10.3. The summed E-state index contributed by atoms with van der Waals surface area (Å²) in [6.45, 7) is 4.25. The molecule has 1 N–H and O–H groups in total. The second-order valence-corrected chi connectivity index (χ2v) is 7.85. The highest BCUT2D eigenvalue weighted by Gasteiger charge is 2.38. The van der Waals surface area contributed by atoms with Gasteiger partial charge in [-0.15, -0.1) is 0 Å². The Morgan fingerprint density at radius 1 is 0.867 bits per heavy atom. The predicted octanol–water partition coefficient (Wildman–Crippen LogP) is 4.88. The van der Waals surface area contributed by atoms with Gasteiger partial charge in [0.2, 0.25) is 34.8 Å². The molecule has 0 amide bonds. The molecular formula is C18H17F5NO5P. The van der Waals surface area contributed by atoms with E-state index in [-0.39, 0.29) is 5.75 Å². The third-order valence-corrected chi connectivity index (χ3v) is 4.98. The molecule has 2 rings (SSSR count). The zero-order chi connectivity index (χ0) is 22.6. The molecule has 0 aliphatic rings. The lowest BCUT2D eigenvalue weighted by Gasteiger charge is -2.24. The molecule has 164 valence electrons. The first-order valence-corrected chi connectivity index (χ1v) is 10.0. The second-order valence-electron chi connectivity index (χ2n) is 6.23. The Morgan fingerprint density at radius 2 is 1.37 bits per heavy atom. The molecule has 0 heterocycles. The summed E-state index contributed by atoms with van der Waals surface area (Å²) < 4.78 is 96.0. The fourth-order valence-corrected chi connectivity index (χ4v) is 3.62. The van der Waals surface area contributed by atoms with E-state index < -0.39 is 60.7 Å². The molecular weight excluding hydrogens is 436 g/mol. The number of hydrogen-bond donors (Lipinski definition) is 1. The first kappa shape index (κ1) is 23.6. The van der Waals surface area contributed by atoms with E-state index in [9.17, 15) is 31.3 Å². The number of nitrogens with one attached hydrogen (secondary N) is 1. The summed E-state index contributed by atoms with van der Waals surface area (Å²) in [6.07, 6.45) is -0.549. The van der Waals surface area contributed by atoms with Gasteiger partial charge in [0, 0.05) is 0 Å². The maximum absolute atomic E-state index is 14.0. The summed E-state index contributed by atoms with van der Waals surface area (Å²) in [5, 5.41) is 2.07.